The van der Waals surface area contributed by atoms with E-state index in [9.17, 15) is 21.0 Å². The van der Waals surface area contributed by atoms with Crippen molar-refractivity contribution in [2.24, 2.45) is 0 Å². The number of nitrogens with zero attached hydrogens (tertiary/aromatic N) is 8. The van der Waals surface area contributed by atoms with Crippen LogP contribution in [0.3, 0.4) is 0 Å². The first kappa shape index (κ1) is 41.0. The summed E-state index contributed by atoms with van der Waals surface area (Å²) in [6, 6.07) is 20.8. The number of allylic oxidation sites excluding steroid dienone is 10. The Balaban J connectivity index is 1.87. The van der Waals surface area contributed by atoms with Crippen LogP contribution >= 0.6 is 0 Å². The third kappa shape index (κ3) is 6.55. The van der Waals surface area contributed by atoms with Crippen molar-refractivity contribution in [3.8, 4) is 24.3 Å². The molecule has 292 valence electrons. The molecule has 4 aromatic rings. The van der Waals surface area contributed by atoms with Crippen molar-refractivity contribution in [3.63, 3.8) is 0 Å². The molecule has 0 fully saturated rings. The van der Waals surface area contributed by atoms with Crippen molar-refractivity contribution in [2.45, 2.75) is 25.2 Å². The second kappa shape index (κ2) is 15.5. The Hall–Kier alpha value is -9.18. The quantitative estimate of drug-likeness (QED) is 0.116. The highest BCUT2D eigenvalue weighted by Gasteiger charge is 2.54. The van der Waals surface area contributed by atoms with Crippen molar-refractivity contribution in [1.29, 1.82) is 21.0 Å². The first-order valence-corrected chi connectivity index (χ1v) is 17.9. The minimum atomic E-state index is -5.66. The molecular weight excluding hydrogens is 803 g/mol. The molecule has 0 radical (unpaired) electrons. The van der Waals surface area contributed by atoms with Crippen LogP contribution in [0, 0.1) is 71.6 Å². The molecular formula is C48H18F6N8. The largest absolute Gasteiger partial charge is 0.417 e. The molecule has 8 nitrogen and oxygen atoms in total. The summed E-state index contributed by atoms with van der Waals surface area (Å²) in [5.41, 5.74) is -15.7. The van der Waals surface area contributed by atoms with Crippen LogP contribution in [-0.4, -0.2) is 0 Å². The molecule has 14 heteroatoms. The summed E-state index contributed by atoms with van der Waals surface area (Å²) in [5, 5.41) is 41.4. The smallest absolute Gasteiger partial charge is 0.239 e. The van der Waals surface area contributed by atoms with Gasteiger partial charge in [-0.1, -0.05) is 66.8 Å². The molecule has 0 saturated heterocycles. The van der Waals surface area contributed by atoms with Gasteiger partial charge in [0.1, 0.15) is 12.1 Å². The van der Waals surface area contributed by atoms with Crippen LogP contribution in [0.1, 0.15) is 74.0 Å². The summed E-state index contributed by atoms with van der Waals surface area (Å²) in [6.45, 7) is 31.9. The van der Waals surface area contributed by atoms with E-state index in [1.807, 2.05) is 18.2 Å². The number of benzene rings is 4. The molecule has 0 atom stereocenters. The van der Waals surface area contributed by atoms with Gasteiger partial charge in [-0.25, -0.2) is 19.4 Å². The minimum Gasteiger partial charge on any atom is -0.239 e. The highest BCUT2D eigenvalue weighted by Crippen LogP contribution is 2.64. The zero-order valence-corrected chi connectivity index (χ0v) is 31.3. The van der Waals surface area contributed by atoms with E-state index in [4.69, 9.17) is 26.3 Å². The summed E-state index contributed by atoms with van der Waals surface area (Å²) in [4.78, 5) is 13.6. The average molecular weight is 821 g/mol. The molecule has 0 saturated carbocycles. The fourth-order valence-corrected chi connectivity index (χ4v) is 8.07. The Labute approximate surface area is 349 Å². The van der Waals surface area contributed by atoms with E-state index < -0.39 is 90.6 Å². The molecule has 0 N–H and O–H groups in total. The molecule has 0 bridgehead atoms. The normalized spacial score (nSPS) is 15.6. The molecule has 62 heavy (non-hydrogen) atoms. The van der Waals surface area contributed by atoms with Gasteiger partial charge in [0.15, 0.2) is 11.4 Å². The SMILES string of the molecule is [C-]#[N+]C1=C(c2ccccc2)/C(=C(/C#N)c2cc([N+]#[C-])cc([N+]#[C-])c2)c2c1c(C(F)(F)F)c1c(c2C(F)(F)F)/C(=C(\[N+]#[C-])c2cc(C#N)cc(C#N)c2)C(C2=CC=CCC2)=C1C#N. The lowest BCUT2D eigenvalue weighted by molar-refractivity contribution is -0.141. The van der Waals surface area contributed by atoms with Gasteiger partial charge in [-0.2, -0.15) is 47.4 Å². The number of rotatable bonds is 4. The van der Waals surface area contributed by atoms with Crippen LogP contribution in [0.15, 0.2) is 96.1 Å². The first-order valence-electron chi connectivity index (χ1n) is 17.9. The van der Waals surface area contributed by atoms with Gasteiger partial charge in [0.05, 0.1) is 71.8 Å². The van der Waals surface area contributed by atoms with E-state index in [1.165, 1.54) is 42.5 Å². The second-order valence-corrected chi connectivity index (χ2v) is 13.6. The number of alkyl halides is 6. The number of halogens is 6. The Morgan fingerprint density at radius 2 is 1.23 bits per heavy atom. The molecule has 0 aliphatic heterocycles. The van der Waals surface area contributed by atoms with Gasteiger partial charge in [-0.3, -0.25) is 0 Å². The highest BCUT2D eigenvalue weighted by atomic mass is 19.4. The zero-order chi connectivity index (χ0) is 44.7. The lowest BCUT2D eigenvalue weighted by Gasteiger charge is -2.26. The second-order valence-electron chi connectivity index (χ2n) is 13.6. The van der Waals surface area contributed by atoms with Crippen LogP contribution in [0.25, 0.3) is 58.6 Å². The molecule has 0 heterocycles. The summed E-state index contributed by atoms with van der Waals surface area (Å²) in [5.74, 6) is 0. The Bertz CT molecular complexity index is 3210. The van der Waals surface area contributed by atoms with Gasteiger partial charge in [-0.15, -0.1) is 0 Å². The summed E-state index contributed by atoms with van der Waals surface area (Å²) >= 11 is 0. The van der Waals surface area contributed by atoms with Gasteiger partial charge in [0.25, 0.3) is 0 Å². The predicted molar refractivity (Wildman–Crippen MR) is 216 cm³/mol. The fourth-order valence-electron chi connectivity index (χ4n) is 8.07. The van der Waals surface area contributed by atoms with Crippen LogP contribution < -0.4 is 0 Å². The van der Waals surface area contributed by atoms with Crippen molar-refractivity contribution in [1.82, 2.24) is 0 Å². The van der Waals surface area contributed by atoms with E-state index >= 15 is 26.3 Å². The van der Waals surface area contributed by atoms with Crippen molar-refractivity contribution < 1.29 is 26.3 Å². The molecule has 3 aliphatic rings. The first-order chi connectivity index (χ1) is 29.7. The predicted octanol–water partition coefficient (Wildman–Crippen LogP) is 13.2. The average Bonchev–Trinajstić information content (AvgIpc) is 3.78. The molecule has 3 aliphatic carbocycles. The number of fused-ring (bicyclic) bond motifs is 2. The van der Waals surface area contributed by atoms with Gasteiger partial charge < -0.3 is 0 Å². The van der Waals surface area contributed by atoms with Gasteiger partial charge >= 0.3 is 12.4 Å². The highest BCUT2D eigenvalue weighted by molar-refractivity contribution is 6.32. The van der Waals surface area contributed by atoms with E-state index in [-0.39, 0.29) is 57.6 Å². The van der Waals surface area contributed by atoms with Crippen molar-refractivity contribution >= 4 is 50.6 Å². The topological polar surface area (TPSA) is 113 Å². The van der Waals surface area contributed by atoms with Crippen LogP contribution in [0.5, 0.6) is 0 Å². The maximum absolute atomic E-state index is 16.6. The maximum atomic E-state index is 16.6. The maximum Gasteiger partial charge on any atom is 0.417 e. The molecule has 4 aromatic carbocycles. The number of hydrogen-bond acceptors (Lipinski definition) is 4. The van der Waals surface area contributed by atoms with Crippen molar-refractivity contribution in [3.05, 3.63) is 203 Å². The fraction of sp³-hybridized carbons (Fsp3) is 0.0833. The monoisotopic (exact) mass is 820 g/mol. The van der Waals surface area contributed by atoms with Gasteiger partial charge in [0, 0.05) is 11.1 Å². The molecule has 0 unspecified atom stereocenters. The summed E-state index contributed by atoms with van der Waals surface area (Å²) in [7, 11) is 0. The summed E-state index contributed by atoms with van der Waals surface area (Å²) < 4.78 is 98.5. The third-order valence-electron chi connectivity index (χ3n) is 10.3. The third-order valence-corrected chi connectivity index (χ3v) is 10.3. The summed E-state index contributed by atoms with van der Waals surface area (Å²) in [6.07, 6.45) is -6.42. The standard InChI is InChI=1S/C48H18F6N8/c1-59-31-18-29(19-32(20-31)60-2)33(23-57)37-36(28-13-9-6-10-14-28)46(62-4)42-39(37)44(48(52,53)54)40-38(43(42)47(49,50)51)34(24-58)35(27-11-7-5-8-12-27)41(40)45(61-3)30-16-25(21-55)15-26(17-30)22-56/h5-7,9-11,13-20H,8,12H2/b37-33+,45-41-. The molecule has 7 rings (SSSR count). The zero-order valence-electron chi connectivity index (χ0n) is 31.3. The van der Waals surface area contributed by atoms with Gasteiger partial charge in [0.2, 0.25) is 11.4 Å². The van der Waals surface area contributed by atoms with Crippen LogP contribution in [-0.2, 0) is 12.4 Å². The van der Waals surface area contributed by atoms with Crippen molar-refractivity contribution in [2.75, 3.05) is 0 Å². The van der Waals surface area contributed by atoms with Gasteiger partial charge in [-0.05, 0) is 86.7 Å². The van der Waals surface area contributed by atoms with E-state index in [2.05, 4.69) is 19.4 Å². The number of nitriles is 4. The lowest BCUT2D eigenvalue weighted by Crippen LogP contribution is -2.20. The van der Waals surface area contributed by atoms with Crippen LogP contribution in [0.4, 0.5) is 37.7 Å². The van der Waals surface area contributed by atoms with E-state index in [0.29, 0.717) is 0 Å². The Morgan fingerprint density at radius 3 is 1.71 bits per heavy atom. The Morgan fingerprint density at radius 1 is 0.629 bits per heavy atom. The lowest BCUT2D eigenvalue weighted by atomic mass is 9.80. The molecule has 0 aromatic heterocycles. The van der Waals surface area contributed by atoms with Crippen LogP contribution in [0.2, 0.25) is 0 Å². The van der Waals surface area contributed by atoms with E-state index in [0.717, 1.165) is 36.4 Å². The molecule has 0 spiro atoms. The molecule has 0 amide bonds. The van der Waals surface area contributed by atoms with E-state index in [1.54, 1.807) is 12.1 Å². The number of hydrogen-bond donors (Lipinski definition) is 0. The Kier molecular flexibility index (Phi) is 10.3. The minimum absolute atomic E-state index is 0.0136.